The van der Waals surface area contributed by atoms with Crippen LogP contribution in [0.3, 0.4) is 0 Å². The maximum atomic E-state index is 10.3. The van der Waals surface area contributed by atoms with Gasteiger partial charge in [-0.3, -0.25) is 0 Å². The Morgan fingerprint density at radius 3 is 2.79 bits per heavy atom. The summed E-state index contributed by atoms with van der Waals surface area (Å²) in [7, 11) is 0. The van der Waals surface area contributed by atoms with E-state index in [1.54, 1.807) is 0 Å². The lowest BCUT2D eigenvalue weighted by Crippen LogP contribution is -2.22. The van der Waals surface area contributed by atoms with Gasteiger partial charge in [0.2, 0.25) is 0 Å². The predicted molar refractivity (Wildman–Crippen MR) is 77.0 cm³/mol. The second-order valence-corrected chi connectivity index (χ2v) is 5.14. The molecule has 3 nitrogen and oxygen atoms in total. The molecule has 0 aliphatic carbocycles. The summed E-state index contributed by atoms with van der Waals surface area (Å²) in [4.78, 5) is 10.3. The third-order valence-electron chi connectivity index (χ3n) is 3.28. The number of carbonyl (C=O) groups excluding carboxylic acids is 1. The molecule has 0 bridgehead atoms. The zero-order chi connectivity index (χ0) is 13.9. The Labute approximate surface area is 116 Å². The molecule has 0 amide bonds. The van der Waals surface area contributed by atoms with Crippen molar-refractivity contribution in [2.75, 3.05) is 13.2 Å². The third-order valence-corrected chi connectivity index (χ3v) is 3.28. The van der Waals surface area contributed by atoms with Crippen LogP contribution in [0, 0.1) is 0 Å². The van der Waals surface area contributed by atoms with Gasteiger partial charge in [0.15, 0.2) is 6.29 Å². The van der Waals surface area contributed by atoms with E-state index in [0.717, 1.165) is 38.6 Å². The minimum absolute atomic E-state index is 0.0114. The monoisotopic (exact) mass is 266 g/mol. The van der Waals surface area contributed by atoms with Gasteiger partial charge in [0, 0.05) is 13.0 Å². The third kappa shape index (κ3) is 7.96. The van der Waals surface area contributed by atoms with E-state index in [4.69, 9.17) is 9.47 Å². The highest BCUT2D eigenvalue weighted by Gasteiger charge is 2.12. The lowest BCUT2D eigenvalue weighted by molar-refractivity contribution is -0.155. The number of ether oxygens (including phenoxy) is 2. The molecule has 1 heterocycles. The van der Waals surface area contributed by atoms with Crippen molar-refractivity contribution in [1.29, 1.82) is 0 Å². The molecule has 0 aromatic rings. The van der Waals surface area contributed by atoms with E-state index < -0.39 is 0 Å². The molecule has 0 N–H and O–H groups in total. The molecule has 0 radical (unpaired) electrons. The lowest BCUT2D eigenvalue weighted by atomic mass is 10.1. The van der Waals surface area contributed by atoms with Crippen LogP contribution in [-0.2, 0) is 14.3 Å². The predicted octanol–water partition coefficient (Wildman–Crippen LogP) is 3.79. The molecule has 1 fully saturated rings. The first-order valence-electron chi connectivity index (χ1n) is 7.20. The van der Waals surface area contributed by atoms with Gasteiger partial charge in [-0.1, -0.05) is 23.3 Å². The highest BCUT2D eigenvalue weighted by molar-refractivity contribution is 5.49. The van der Waals surface area contributed by atoms with E-state index in [9.17, 15) is 4.79 Å². The molecule has 1 rings (SSSR count). The Hall–Kier alpha value is -0.930. The zero-order valence-corrected chi connectivity index (χ0v) is 12.2. The fourth-order valence-corrected chi connectivity index (χ4v) is 1.95. The van der Waals surface area contributed by atoms with Crippen molar-refractivity contribution in [3.63, 3.8) is 0 Å². The number of aldehydes is 1. The summed E-state index contributed by atoms with van der Waals surface area (Å²) in [6.07, 6.45) is 11.0. The van der Waals surface area contributed by atoms with Gasteiger partial charge in [-0.05, 0) is 46.0 Å². The van der Waals surface area contributed by atoms with Crippen LogP contribution in [0.4, 0.5) is 0 Å². The molecule has 0 aromatic carbocycles. The standard InChI is InChI=1S/C16H26O3/c1-14(6-5-11-17)8-9-15(2)10-13-19-16-7-3-4-12-18-16/h8,10-11,16H,3-7,9,12-13H2,1-2H3/b14-8-,15-10-. The fourth-order valence-electron chi connectivity index (χ4n) is 1.95. The highest BCUT2D eigenvalue weighted by atomic mass is 16.7. The van der Waals surface area contributed by atoms with E-state index in [0.29, 0.717) is 13.0 Å². The molecular weight excluding hydrogens is 240 g/mol. The summed E-state index contributed by atoms with van der Waals surface area (Å²) in [6, 6.07) is 0. The van der Waals surface area contributed by atoms with Crippen molar-refractivity contribution >= 4 is 6.29 Å². The van der Waals surface area contributed by atoms with Crippen LogP contribution in [0.5, 0.6) is 0 Å². The normalized spacial score (nSPS) is 21.5. The molecule has 3 heteroatoms. The van der Waals surface area contributed by atoms with E-state index in [1.165, 1.54) is 17.6 Å². The van der Waals surface area contributed by atoms with Gasteiger partial charge < -0.3 is 14.3 Å². The molecule has 1 aliphatic rings. The quantitative estimate of drug-likeness (QED) is 0.495. The summed E-state index contributed by atoms with van der Waals surface area (Å²) in [6.45, 7) is 5.63. The Morgan fingerprint density at radius 1 is 1.26 bits per heavy atom. The summed E-state index contributed by atoms with van der Waals surface area (Å²) in [5.74, 6) is 0. The summed E-state index contributed by atoms with van der Waals surface area (Å²) < 4.78 is 11.2. The number of carbonyl (C=O) groups is 1. The van der Waals surface area contributed by atoms with E-state index >= 15 is 0 Å². The molecule has 1 unspecified atom stereocenters. The van der Waals surface area contributed by atoms with Gasteiger partial charge in [0.1, 0.15) is 6.29 Å². The number of hydrogen-bond donors (Lipinski definition) is 0. The maximum Gasteiger partial charge on any atom is 0.157 e. The van der Waals surface area contributed by atoms with Crippen molar-refractivity contribution in [3.8, 4) is 0 Å². The molecule has 19 heavy (non-hydrogen) atoms. The Bertz CT molecular complexity index is 312. The van der Waals surface area contributed by atoms with Crippen LogP contribution in [0.25, 0.3) is 0 Å². The molecule has 0 spiro atoms. The van der Waals surface area contributed by atoms with Gasteiger partial charge in [-0.15, -0.1) is 0 Å². The summed E-state index contributed by atoms with van der Waals surface area (Å²) in [5, 5.41) is 0. The van der Waals surface area contributed by atoms with Crippen molar-refractivity contribution < 1.29 is 14.3 Å². The smallest absolute Gasteiger partial charge is 0.157 e. The number of allylic oxidation sites excluding steroid dienone is 3. The molecule has 1 atom stereocenters. The Balaban J connectivity index is 2.18. The molecule has 1 aliphatic heterocycles. The largest absolute Gasteiger partial charge is 0.353 e. The topological polar surface area (TPSA) is 35.5 Å². The average molecular weight is 266 g/mol. The first kappa shape index (κ1) is 16.1. The Kier molecular flexibility index (Phi) is 8.43. The fraction of sp³-hybridized carbons (Fsp3) is 0.688. The van der Waals surface area contributed by atoms with E-state index in [-0.39, 0.29) is 6.29 Å². The number of hydrogen-bond acceptors (Lipinski definition) is 3. The second-order valence-electron chi connectivity index (χ2n) is 5.14. The maximum absolute atomic E-state index is 10.3. The second kappa shape index (κ2) is 9.93. The SMILES string of the molecule is C/C(=C/COC1CCCCO1)C/C=C(/C)CCC=O. The van der Waals surface area contributed by atoms with Crippen LogP contribution < -0.4 is 0 Å². The molecule has 0 aromatic heterocycles. The lowest BCUT2D eigenvalue weighted by Gasteiger charge is -2.22. The molecular formula is C16H26O3. The Morgan fingerprint density at radius 2 is 2.11 bits per heavy atom. The van der Waals surface area contributed by atoms with E-state index in [1.807, 2.05) is 0 Å². The van der Waals surface area contributed by atoms with Crippen LogP contribution in [0.1, 0.15) is 52.4 Å². The van der Waals surface area contributed by atoms with Crippen molar-refractivity contribution in [1.82, 2.24) is 0 Å². The number of rotatable bonds is 8. The van der Waals surface area contributed by atoms with Crippen molar-refractivity contribution in [3.05, 3.63) is 23.3 Å². The van der Waals surface area contributed by atoms with Gasteiger partial charge in [0.25, 0.3) is 0 Å². The minimum atomic E-state index is -0.0114. The minimum Gasteiger partial charge on any atom is -0.353 e. The molecule has 108 valence electrons. The first-order valence-corrected chi connectivity index (χ1v) is 7.20. The zero-order valence-electron chi connectivity index (χ0n) is 12.2. The van der Waals surface area contributed by atoms with Crippen LogP contribution in [0.15, 0.2) is 23.3 Å². The highest BCUT2D eigenvalue weighted by Crippen LogP contribution is 2.14. The first-order chi connectivity index (χ1) is 9.22. The van der Waals surface area contributed by atoms with Crippen molar-refractivity contribution in [2.24, 2.45) is 0 Å². The van der Waals surface area contributed by atoms with Crippen LogP contribution >= 0.6 is 0 Å². The van der Waals surface area contributed by atoms with Gasteiger partial charge in [-0.2, -0.15) is 0 Å². The van der Waals surface area contributed by atoms with Crippen LogP contribution in [-0.4, -0.2) is 25.8 Å². The summed E-state index contributed by atoms with van der Waals surface area (Å²) >= 11 is 0. The van der Waals surface area contributed by atoms with Gasteiger partial charge >= 0.3 is 0 Å². The van der Waals surface area contributed by atoms with E-state index in [2.05, 4.69) is 26.0 Å². The van der Waals surface area contributed by atoms with Gasteiger partial charge in [0.05, 0.1) is 6.61 Å². The summed E-state index contributed by atoms with van der Waals surface area (Å²) in [5.41, 5.74) is 2.57. The van der Waals surface area contributed by atoms with Crippen LogP contribution in [0.2, 0.25) is 0 Å². The average Bonchev–Trinajstić information content (AvgIpc) is 2.44. The van der Waals surface area contributed by atoms with Gasteiger partial charge in [-0.25, -0.2) is 0 Å². The molecule has 1 saturated heterocycles. The molecule has 0 saturated carbocycles. The van der Waals surface area contributed by atoms with Crippen molar-refractivity contribution in [2.45, 2.75) is 58.7 Å².